The Morgan fingerprint density at radius 3 is 2.20 bits per heavy atom. The van der Waals surface area contributed by atoms with Gasteiger partial charge in [0.05, 0.1) is 0 Å². The van der Waals surface area contributed by atoms with E-state index in [4.69, 9.17) is 0 Å². The molecule has 1 fully saturated rings. The second kappa shape index (κ2) is 11.3. The Bertz CT molecular complexity index is 1230. The average molecular weight is 473 g/mol. The normalized spacial score (nSPS) is 14.6. The number of benzene rings is 2. The number of aromatic amines is 1. The number of aromatic nitrogens is 1. The van der Waals surface area contributed by atoms with E-state index < -0.39 is 11.6 Å². The molecule has 8 heteroatoms. The summed E-state index contributed by atoms with van der Waals surface area (Å²) in [5.74, 6) is -0.848. The maximum absolute atomic E-state index is 13.6. The van der Waals surface area contributed by atoms with Gasteiger partial charge in [-0.05, 0) is 36.2 Å². The van der Waals surface area contributed by atoms with Crippen LogP contribution in [-0.4, -0.2) is 64.7 Å². The van der Waals surface area contributed by atoms with Crippen LogP contribution < -0.4 is 10.9 Å². The molecule has 1 unspecified atom stereocenters. The molecule has 1 aliphatic heterocycles. The number of carbonyl (C=O) groups is 3. The van der Waals surface area contributed by atoms with E-state index in [1.807, 2.05) is 36.4 Å². The van der Waals surface area contributed by atoms with E-state index >= 15 is 0 Å². The smallest absolute Gasteiger partial charge is 0.260 e. The lowest BCUT2D eigenvalue weighted by atomic mass is 10.0. The van der Waals surface area contributed by atoms with E-state index in [2.05, 4.69) is 10.3 Å². The van der Waals surface area contributed by atoms with Gasteiger partial charge < -0.3 is 20.1 Å². The summed E-state index contributed by atoms with van der Waals surface area (Å²) in [4.78, 5) is 57.2. The lowest BCUT2D eigenvalue weighted by Crippen LogP contribution is -2.50. The zero-order valence-electron chi connectivity index (χ0n) is 19.4. The molecule has 180 valence electrons. The van der Waals surface area contributed by atoms with Gasteiger partial charge in [-0.15, -0.1) is 0 Å². The van der Waals surface area contributed by atoms with Crippen LogP contribution in [0.25, 0.3) is 0 Å². The molecule has 2 heterocycles. The van der Waals surface area contributed by atoms with Crippen molar-refractivity contribution in [2.24, 2.45) is 0 Å². The molecule has 8 nitrogen and oxygen atoms in total. The van der Waals surface area contributed by atoms with Gasteiger partial charge >= 0.3 is 0 Å². The quantitative estimate of drug-likeness (QED) is 0.574. The molecule has 0 bridgehead atoms. The van der Waals surface area contributed by atoms with Crippen LogP contribution in [0.2, 0.25) is 0 Å². The molecule has 2 N–H and O–H groups in total. The lowest BCUT2D eigenvalue weighted by molar-refractivity contribution is -0.133. The Balaban J connectivity index is 1.48. The molecule has 2 aromatic carbocycles. The van der Waals surface area contributed by atoms with Crippen molar-refractivity contribution in [2.75, 3.05) is 26.2 Å². The van der Waals surface area contributed by atoms with Gasteiger partial charge in [0.15, 0.2) is 0 Å². The van der Waals surface area contributed by atoms with E-state index in [0.29, 0.717) is 44.6 Å². The molecule has 1 atom stereocenters. The Kier molecular flexibility index (Phi) is 7.72. The highest BCUT2D eigenvalue weighted by atomic mass is 16.2. The summed E-state index contributed by atoms with van der Waals surface area (Å²) in [7, 11) is 0. The molecule has 35 heavy (non-hydrogen) atoms. The van der Waals surface area contributed by atoms with Crippen molar-refractivity contribution in [3.8, 4) is 0 Å². The summed E-state index contributed by atoms with van der Waals surface area (Å²) in [5.41, 5.74) is 1.08. The summed E-state index contributed by atoms with van der Waals surface area (Å²) < 4.78 is 0. The van der Waals surface area contributed by atoms with E-state index in [1.54, 1.807) is 40.1 Å². The van der Waals surface area contributed by atoms with Crippen LogP contribution in [0.5, 0.6) is 0 Å². The predicted molar refractivity (Wildman–Crippen MR) is 132 cm³/mol. The number of pyridine rings is 1. The van der Waals surface area contributed by atoms with Crippen molar-refractivity contribution >= 4 is 17.7 Å². The summed E-state index contributed by atoms with van der Waals surface area (Å²) in [5, 5.41) is 2.91. The lowest BCUT2D eigenvalue weighted by Gasteiger charge is -2.27. The summed E-state index contributed by atoms with van der Waals surface area (Å²) >= 11 is 0. The van der Waals surface area contributed by atoms with E-state index in [9.17, 15) is 19.2 Å². The van der Waals surface area contributed by atoms with Gasteiger partial charge in [-0.1, -0.05) is 48.5 Å². The van der Waals surface area contributed by atoms with Gasteiger partial charge in [-0.2, -0.15) is 0 Å². The molecule has 0 aliphatic carbocycles. The Hall–Kier alpha value is -4.20. The third-order valence-corrected chi connectivity index (χ3v) is 6.07. The highest BCUT2D eigenvalue weighted by molar-refractivity contribution is 5.97. The minimum absolute atomic E-state index is 0.0874. The van der Waals surface area contributed by atoms with Gasteiger partial charge in [0.2, 0.25) is 5.91 Å². The van der Waals surface area contributed by atoms with Crippen LogP contribution in [0.15, 0.2) is 83.8 Å². The van der Waals surface area contributed by atoms with Crippen molar-refractivity contribution in [3.63, 3.8) is 0 Å². The molecule has 3 amide bonds. The van der Waals surface area contributed by atoms with Crippen LogP contribution in [0.4, 0.5) is 0 Å². The fourth-order valence-electron chi connectivity index (χ4n) is 4.20. The second-order valence-electron chi connectivity index (χ2n) is 8.47. The Morgan fingerprint density at radius 1 is 0.829 bits per heavy atom. The number of nitrogens with zero attached hydrogens (tertiary/aromatic N) is 2. The standard InChI is InChI=1S/C27H28N4O4/c32-24(21-11-5-2-6-12-21)29-23(19-20-9-3-1-4-10-20)27(35)31-16-8-15-30(17-18-31)26(34)22-13-7-14-28-25(22)33/h1-7,9-14,23H,8,15-19H2,(H,28,33)(H,29,32). The minimum atomic E-state index is -0.746. The number of nitrogens with one attached hydrogen (secondary N) is 2. The summed E-state index contributed by atoms with van der Waals surface area (Å²) in [6, 6.07) is 20.7. The van der Waals surface area contributed by atoms with Gasteiger partial charge in [0.1, 0.15) is 11.6 Å². The zero-order chi connectivity index (χ0) is 24.6. The molecule has 0 spiro atoms. The molecule has 1 saturated heterocycles. The van der Waals surface area contributed by atoms with Crippen molar-refractivity contribution in [2.45, 2.75) is 18.9 Å². The molecule has 1 aliphatic rings. The summed E-state index contributed by atoms with van der Waals surface area (Å²) in [6.07, 6.45) is 2.42. The third kappa shape index (κ3) is 6.03. The van der Waals surface area contributed by atoms with Crippen LogP contribution >= 0.6 is 0 Å². The Labute approximate surface area is 203 Å². The van der Waals surface area contributed by atoms with Crippen molar-refractivity contribution in [1.82, 2.24) is 20.1 Å². The molecule has 0 saturated carbocycles. The number of hydrogen-bond acceptors (Lipinski definition) is 4. The number of amides is 3. The van der Waals surface area contributed by atoms with Gasteiger partial charge in [0, 0.05) is 44.4 Å². The molecule has 0 radical (unpaired) electrons. The van der Waals surface area contributed by atoms with Crippen LogP contribution in [0, 0.1) is 0 Å². The largest absolute Gasteiger partial charge is 0.340 e. The fraction of sp³-hybridized carbons (Fsp3) is 0.259. The van der Waals surface area contributed by atoms with E-state index in [1.165, 1.54) is 12.3 Å². The topological polar surface area (TPSA) is 103 Å². The number of H-pyrrole nitrogens is 1. The molecule has 4 rings (SSSR count). The number of carbonyl (C=O) groups excluding carboxylic acids is 3. The van der Waals surface area contributed by atoms with Crippen molar-refractivity contribution in [3.05, 3.63) is 106 Å². The third-order valence-electron chi connectivity index (χ3n) is 6.07. The van der Waals surface area contributed by atoms with Gasteiger partial charge in [-0.25, -0.2) is 0 Å². The minimum Gasteiger partial charge on any atom is -0.340 e. The fourth-order valence-corrected chi connectivity index (χ4v) is 4.20. The number of hydrogen-bond donors (Lipinski definition) is 2. The number of rotatable bonds is 6. The van der Waals surface area contributed by atoms with Crippen LogP contribution in [-0.2, 0) is 11.2 Å². The van der Waals surface area contributed by atoms with Crippen LogP contribution in [0.1, 0.15) is 32.7 Å². The monoisotopic (exact) mass is 472 g/mol. The summed E-state index contributed by atoms with van der Waals surface area (Å²) in [6.45, 7) is 1.53. The first-order chi connectivity index (χ1) is 17.0. The molecular weight excluding hydrogens is 444 g/mol. The second-order valence-corrected chi connectivity index (χ2v) is 8.47. The molecular formula is C27H28N4O4. The first-order valence-corrected chi connectivity index (χ1v) is 11.7. The van der Waals surface area contributed by atoms with Crippen molar-refractivity contribution in [1.29, 1.82) is 0 Å². The van der Waals surface area contributed by atoms with E-state index in [-0.39, 0.29) is 23.3 Å². The zero-order valence-corrected chi connectivity index (χ0v) is 19.4. The maximum atomic E-state index is 13.6. The van der Waals surface area contributed by atoms with E-state index in [0.717, 1.165) is 5.56 Å². The van der Waals surface area contributed by atoms with Gasteiger partial charge in [-0.3, -0.25) is 19.2 Å². The van der Waals surface area contributed by atoms with Gasteiger partial charge in [0.25, 0.3) is 17.4 Å². The Morgan fingerprint density at radius 2 is 1.49 bits per heavy atom. The first-order valence-electron chi connectivity index (χ1n) is 11.7. The highest BCUT2D eigenvalue weighted by Crippen LogP contribution is 2.12. The van der Waals surface area contributed by atoms with Crippen molar-refractivity contribution < 1.29 is 14.4 Å². The maximum Gasteiger partial charge on any atom is 0.260 e. The average Bonchev–Trinajstić information content (AvgIpc) is 3.15. The molecule has 3 aromatic rings. The highest BCUT2D eigenvalue weighted by Gasteiger charge is 2.29. The van der Waals surface area contributed by atoms with Crippen LogP contribution in [0.3, 0.4) is 0 Å². The molecule has 1 aromatic heterocycles. The predicted octanol–water partition coefficient (Wildman–Crippen LogP) is 2.09. The first kappa shape index (κ1) is 23.9. The SMILES string of the molecule is O=C(NC(Cc1ccccc1)C(=O)N1CCCN(C(=O)c2ccc[nH]c2=O)CC1)c1ccccc1.